The summed E-state index contributed by atoms with van der Waals surface area (Å²) in [6.45, 7) is 4.25. The minimum absolute atomic E-state index is 0.00629. The maximum absolute atomic E-state index is 12.7. The van der Waals surface area contributed by atoms with Gasteiger partial charge in [-0.3, -0.25) is 14.6 Å². The van der Waals surface area contributed by atoms with Gasteiger partial charge in [-0.2, -0.15) is 0 Å². The maximum Gasteiger partial charge on any atom is 0.308 e. The number of aryl methyl sites for hydroxylation is 1. The Morgan fingerprint density at radius 3 is 2.42 bits per heavy atom. The first-order valence-corrected chi connectivity index (χ1v) is 8.98. The second-order valence-electron chi connectivity index (χ2n) is 7.07. The van der Waals surface area contributed by atoms with Crippen LogP contribution in [0, 0.1) is 12.8 Å². The van der Waals surface area contributed by atoms with Crippen LogP contribution in [-0.2, 0) is 16.0 Å². The van der Waals surface area contributed by atoms with E-state index in [2.05, 4.69) is 4.98 Å². The highest BCUT2D eigenvalue weighted by Gasteiger charge is 2.32. The lowest BCUT2D eigenvalue weighted by Crippen LogP contribution is -2.47. The van der Waals surface area contributed by atoms with Crippen LogP contribution < -0.4 is 0 Å². The van der Waals surface area contributed by atoms with E-state index in [1.807, 2.05) is 56.4 Å². The molecule has 136 valence electrons. The molecule has 2 atom stereocenters. The molecule has 1 aliphatic rings. The third-order valence-electron chi connectivity index (χ3n) is 5.11. The second-order valence-corrected chi connectivity index (χ2v) is 7.07. The summed E-state index contributed by atoms with van der Waals surface area (Å²) < 4.78 is 0. The number of nitrogens with zero attached hydrogens (tertiary/aromatic N) is 2. The van der Waals surface area contributed by atoms with Crippen LogP contribution in [0.15, 0.2) is 42.6 Å². The zero-order chi connectivity index (χ0) is 18.7. The molecule has 1 saturated heterocycles. The quantitative estimate of drug-likeness (QED) is 0.916. The molecule has 26 heavy (non-hydrogen) atoms. The van der Waals surface area contributed by atoms with Gasteiger partial charge in [0.05, 0.1) is 12.3 Å². The molecule has 2 aromatic rings. The number of hydrogen-bond donors (Lipinski definition) is 1. The van der Waals surface area contributed by atoms with Crippen LogP contribution in [0.5, 0.6) is 0 Å². The molecule has 1 aromatic carbocycles. The van der Waals surface area contributed by atoms with E-state index < -0.39 is 11.9 Å². The largest absolute Gasteiger partial charge is 0.481 e. The molecule has 1 aliphatic heterocycles. The number of hydrogen-bond acceptors (Lipinski definition) is 3. The molecule has 1 aromatic heterocycles. The van der Waals surface area contributed by atoms with Crippen molar-refractivity contribution in [3.8, 4) is 11.1 Å². The summed E-state index contributed by atoms with van der Waals surface area (Å²) in [5, 5.41) is 9.23. The number of aromatic nitrogens is 1. The van der Waals surface area contributed by atoms with Crippen molar-refractivity contribution >= 4 is 11.9 Å². The van der Waals surface area contributed by atoms with Crippen molar-refractivity contribution in [3.63, 3.8) is 0 Å². The Kier molecular flexibility index (Phi) is 5.35. The molecule has 0 saturated carbocycles. The van der Waals surface area contributed by atoms with Crippen molar-refractivity contribution in [1.29, 1.82) is 0 Å². The van der Waals surface area contributed by atoms with Crippen LogP contribution in [0.25, 0.3) is 11.1 Å². The van der Waals surface area contributed by atoms with E-state index in [9.17, 15) is 14.7 Å². The zero-order valence-electron chi connectivity index (χ0n) is 15.2. The number of likely N-dealkylation sites (tertiary alicyclic amines) is 1. The van der Waals surface area contributed by atoms with E-state index in [4.69, 9.17) is 0 Å². The third kappa shape index (κ3) is 4.10. The van der Waals surface area contributed by atoms with Crippen molar-refractivity contribution in [2.45, 2.75) is 39.2 Å². The lowest BCUT2D eigenvalue weighted by molar-refractivity contribution is -0.146. The second kappa shape index (κ2) is 7.68. The van der Waals surface area contributed by atoms with E-state index in [1.54, 1.807) is 4.90 Å². The van der Waals surface area contributed by atoms with Gasteiger partial charge in [0.25, 0.3) is 0 Å². The fourth-order valence-electron chi connectivity index (χ4n) is 3.39. The lowest BCUT2D eigenvalue weighted by atomic mass is 9.93. The summed E-state index contributed by atoms with van der Waals surface area (Å²) >= 11 is 0. The van der Waals surface area contributed by atoms with E-state index in [1.165, 1.54) is 0 Å². The van der Waals surface area contributed by atoms with Crippen molar-refractivity contribution in [2.24, 2.45) is 5.92 Å². The number of rotatable bonds is 4. The first kappa shape index (κ1) is 18.1. The minimum atomic E-state index is -0.814. The monoisotopic (exact) mass is 352 g/mol. The van der Waals surface area contributed by atoms with Crippen molar-refractivity contribution in [3.05, 3.63) is 53.9 Å². The molecule has 1 amide bonds. The molecular weight excluding hydrogens is 328 g/mol. The standard InChI is InChI=1S/C21H24N2O3/c1-14-3-7-18(12-22-14)17-9-5-16(6-10-17)11-20(24)23-13-19(21(25)26)8-4-15(23)2/h3,5-7,9-10,12,15,19H,4,8,11,13H2,1-2H3,(H,25,26)/t15-,19+/m0/s1. The van der Waals surface area contributed by atoms with Gasteiger partial charge in [-0.1, -0.05) is 30.3 Å². The normalized spacial score (nSPS) is 20.0. The SMILES string of the molecule is Cc1ccc(-c2ccc(CC(=O)N3C[C@H](C(=O)O)CC[C@@H]3C)cc2)cn1. The molecule has 0 bridgehead atoms. The molecule has 1 N–H and O–H groups in total. The molecule has 5 nitrogen and oxygen atoms in total. The Morgan fingerprint density at radius 2 is 1.81 bits per heavy atom. The highest BCUT2D eigenvalue weighted by Crippen LogP contribution is 2.24. The molecule has 0 radical (unpaired) electrons. The summed E-state index contributed by atoms with van der Waals surface area (Å²) in [6, 6.07) is 12.0. The zero-order valence-corrected chi connectivity index (χ0v) is 15.2. The van der Waals surface area contributed by atoms with Crippen LogP contribution in [0.1, 0.15) is 31.0 Å². The predicted molar refractivity (Wildman–Crippen MR) is 99.6 cm³/mol. The van der Waals surface area contributed by atoms with Crippen molar-refractivity contribution < 1.29 is 14.7 Å². The number of aliphatic carboxylic acids is 1. The Labute approximate surface area is 153 Å². The van der Waals surface area contributed by atoms with Crippen molar-refractivity contribution in [2.75, 3.05) is 6.54 Å². The number of carboxylic acid groups (broad SMARTS) is 1. The maximum atomic E-state index is 12.7. The van der Waals surface area contributed by atoms with E-state index >= 15 is 0 Å². The summed E-state index contributed by atoms with van der Waals surface area (Å²) in [6.07, 6.45) is 3.52. The first-order chi connectivity index (χ1) is 12.4. The summed E-state index contributed by atoms with van der Waals surface area (Å²) in [5.74, 6) is -1.27. The van der Waals surface area contributed by atoms with Gasteiger partial charge in [0.2, 0.25) is 5.91 Å². The third-order valence-corrected chi connectivity index (χ3v) is 5.11. The van der Waals surface area contributed by atoms with Crippen LogP contribution in [0.3, 0.4) is 0 Å². The number of benzene rings is 1. The fraction of sp³-hybridized carbons (Fsp3) is 0.381. The Balaban J connectivity index is 1.67. The van der Waals surface area contributed by atoms with Gasteiger partial charge in [0, 0.05) is 30.0 Å². The molecule has 0 spiro atoms. The highest BCUT2D eigenvalue weighted by atomic mass is 16.4. The summed E-state index contributed by atoms with van der Waals surface area (Å²) in [7, 11) is 0. The topological polar surface area (TPSA) is 70.5 Å². The van der Waals surface area contributed by atoms with Crippen LogP contribution in [0.2, 0.25) is 0 Å². The average Bonchev–Trinajstić information content (AvgIpc) is 2.63. The Hall–Kier alpha value is -2.69. The van der Waals surface area contributed by atoms with Gasteiger partial charge in [-0.25, -0.2) is 0 Å². The Morgan fingerprint density at radius 1 is 1.12 bits per heavy atom. The molecule has 5 heteroatoms. The molecule has 3 rings (SSSR count). The van der Waals surface area contributed by atoms with Gasteiger partial charge >= 0.3 is 5.97 Å². The molecule has 2 heterocycles. The number of carbonyl (C=O) groups is 2. The highest BCUT2D eigenvalue weighted by molar-refractivity contribution is 5.80. The minimum Gasteiger partial charge on any atom is -0.481 e. The number of amides is 1. The van der Waals surface area contributed by atoms with E-state index in [-0.39, 0.29) is 11.9 Å². The first-order valence-electron chi connectivity index (χ1n) is 8.98. The molecule has 0 aliphatic carbocycles. The summed E-state index contributed by atoms with van der Waals surface area (Å²) in [4.78, 5) is 29.9. The smallest absolute Gasteiger partial charge is 0.308 e. The number of carbonyl (C=O) groups excluding carboxylic acids is 1. The molecule has 1 fully saturated rings. The fourth-order valence-corrected chi connectivity index (χ4v) is 3.39. The lowest BCUT2D eigenvalue weighted by Gasteiger charge is -2.36. The predicted octanol–water partition coefficient (Wildman–Crippen LogP) is 3.31. The van der Waals surface area contributed by atoms with Gasteiger partial charge in [-0.15, -0.1) is 0 Å². The summed E-state index contributed by atoms with van der Waals surface area (Å²) in [5.41, 5.74) is 4.02. The van der Waals surface area contributed by atoms with Gasteiger partial charge in [0.1, 0.15) is 0 Å². The molecular formula is C21H24N2O3. The molecule has 0 unspecified atom stereocenters. The van der Waals surface area contributed by atoms with Gasteiger partial charge < -0.3 is 10.0 Å². The number of pyridine rings is 1. The van der Waals surface area contributed by atoms with Crippen LogP contribution >= 0.6 is 0 Å². The van der Waals surface area contributed by atoms with Crippen LogP contribution in [-0.4, -0.2) is 39.5 Å². The van der Waals surface area contributed by atoms with Crippen LogP contribution in [0.4, 0.5) is 0 Å². The van der Waals surface area contributed by atoms with E-state index in [0.717, 1.165) is 28.8 Å². The van der Waals surface area contributed by atoms with E-state index in [0.29, 0.717) is 19.4 Å². The van der Waals surface area contributed by atoms with Gasteiger partial charge in [0.15, 0.2) is 0 Å². The van der Waals surface area contributed by atoms with Crippen molar-refractivity contribution in [1.82, 2.24) is 9.88 Å². The average molecular weight is 352 g/mol. The number of piperidine rings is 1. The number of carboxylic acids is 1. The van der Waals surface area contributed by atoms with Gasteiger partial charge in [-0.05, 0) is 43.9 Å². The Bertz CT molecular complexity index is 784.